The number of phenolic OH excluding ortho intramolecular Hbond substituents is 1. The van der Waals surface area contributed by atoms with E-state index in [9.17, 15) is 50.1 Å². The number of nitro groups is 2. The average molecular weight is 419 g/mol. The molecular weight excluding hydrogens is 405 g/mol. The smallest absolute Gasteiger partial charge is 0.488 e. The molecule has 0 bridgehead atoms. The highest BCUT2D eigenvalue weighted by atomic mass is 16.6. The Bertz CT molecular complexity index is 1030. The van der Waals surface area contributed by atoms with Crippen molar-refractivity contribution in [3.8, 4) is 5.75 Å². The Kier molecular flexibility index (Phi) is 6.66. The molecule has 0 spiro atoms. The Hall–Kier alpha value is -4.04. The predicted octanol–water partition coefficient (Wildman–Crippen LogP) is -0.686. The lowest BCUT2D eigenvalue weighted by atomic mass is 9.79. The van der Waals surface area contributed by atoms with Crippen molar-refractivity contribution in [2.24, 2.45) is 0 Å². The average Bonchev–Trinajstić information content (AvgIpc) is 2.67. The standard InChI is InChI=1S/C16H14BN3O10/c21-14-2-1-8(4-13(14)20(29)30)3-12(16(23)24)18-15(22)9-5-10(17(25)26)7-11(6-9)19(27)28/h1-2,4-7,12,21,25-26H,3H2,(H,18,22)(H,23,24)/t12-/m0/s1. The third-order valence-electron chi connectivity index (χ3n) is 3.99. The summed E-state index contributed by atoms with van der Waals surface area (Å²) in [5, 5.41) is 61.3. The molecule has 2 rings (SSSR count). The second-order valence-corrected chi connectivity index (χ2v) is 6.09. The number of hydrogen-bond acceptors (Lipinski definition) is 9. The molecule has 0 fully saturated rings. The van der Waals surface area contributed by atoms with E-state index in [2.05, 4.69) is 5.32 Å². The second kappa shape index (κ2) is 8.98. The lowest BCUT2D eigenvalue weighted by molar-refractivity contribution is -0.385. The summed E-state index contributed by atoms with van der Waals surface area (Å²) in [5.74, 6) is -3.17. The third kappa shape index (κ3) is 5.27. The van der Waals surface area contributed by atoms with E-state index in [4.69, 9.17) is 0 Å². The van der Waals surface area contributed by atoms with Crippen LogP contribution in [0, 0.1) is 20.2 Å². The van der Waals surface area contributed by atoms with Crippen LogP contribution >= 0.6 is 0 Å². The van der Waals surface area contributed by atoms with Crippen LogP contribution in [0.1, 0.15) is 15.9 Å². The number of carbonyl (C=O) groups is 2. The number of nitrogens with one attached hydrogen (secondary N) is 1. The van der Waals surface area contributed by atoms with Gasteiger partial charge in [0.15, 0.2) is 5.75 Å². The van der Waals surface area contributed by atoms with E-state index >= 15 is 0 Å². The van der Waals surface area contributed by atoms with Crippen molar-refractivity contribution in [2.45, 2.75) is 12.5 Å². The first-order valence-electron chi connectivity index (χ1n) is 8.15. The van der Waals surface area contributed by atoms with Gasteiger partial charge in [-0.15, -0.1) is 0 Å². The highest BCUT2D eigenvalue weighted by Crippen LogP contribution is 2.26. The summed E-state index contributed by atoms with van der Waals surface area (Å²) in [6.07, 6.45) is -0.396. The largest absolute Gasteiger partial charge is 0.502 e. The molecule has 30 heavy (non-hydrogen) atoms. The zero-order valence-electron chi connectivity index (χ0n) is 15.0. The molecule has 0 aliphatic rings. The van der Waals surface area contributed by atoms with E-state index in [1.165, 1.54) is 6.07 Å². The summed E-state index contributed by atoms with van der Waals surface area (Å²) in [7, 11) is -2.11. The first-order chi connectivity index (χ1) is 14.0. The summed E-state index contributed by atoms with van der Waals surface area (Å²) < 4.78 is 0. The Morgan fingerprint density at radius 2 is 1.73 bits per heavy atom. The van der Waals surface area contributed by atoms with E-state index in [1.807, 2.05) is 0 Å². The summed E-state index contributed by atoms with van der Waals surface area (Å²) in [6.45, 7) is 0. The number of aromatic hydroxyl groups is 1. The first kappa shape index (κ1) is 22.3. The SMILES string of the molecule is O=C(N[C@@H](Cc1ccc(O)c([N+](=O)[O-])c1)C(=O)O)c1cc(B(O)O)cc([N+](=O)[O-])c1. The van der Waals surface area contributed by atoms with Crippen LogP contribution in [-0.4, -0.2) is 55.1 Å². The Morgan fingerprint density at radius 3 is 2.27 bits per heavy atom. The highest BCUT2D eigenvalue weighted by Gasteiger charge is 2.25. The van der Waals surface area contributed by atoms with E-state index in [0.717, 1.165) is 30.3 Å². The maximum absolute atomic E-state index is 12.4. The van der Waals surface area contributed by atoms with Gasteiger partial charge in [0.05, 0.1) is 9.85 Å². The molecular formula is C16H14BN3O10. The minimum Gasteiger partial charge on any atom is -0.502 e. The molecule has 156 valence electrons. The molecule has 0 aliphatic carbocycles. The number of hydrogen-bond donors (Lipinski definition) is 5. The Balaban J connectivity index is 2.30. The molecule has 0 saturated heterocycles. The zero-order valence-corrected chi connectivity index (χ0v) is 15.0. The molecule has 2 aromatic carbocycles. The molecule has 1 amide bonds. The zero-order chi connectivity index (χ0) is 22.6. The van der Waals surface area contributed by atoms with Gasteiger partial charge in [-0.1, -0.05) is 6.07 Å². The van der Waals surface area contributed by atoms with Gasteiger partial charge in [-0.2, -0.15) is 0 Å². The fourth-order valence-corrected chi connectivity index (χ4v) is 2.54. The number of non-ortho nitro benzene ring substituents is 1. The summed E-state index contributed by atoms with van der Waals surface area (Å²) in [6, 6.07) is 4.21. The van der Waals surface area contributed by atoms with Crippen molar-refractivity contribution in [3.05, 3.63) is 67.8 Å². The molecule has 0 aliphatic heterocycles. The molecule has 5 N–H and O–H groups in total. The van der Waals surface area contributed by atoms with E-state index in [0.29, 0.717) is 0 Å². The summed E-state index contributed by atoms with van der Waals surface area (Å²) in [5.41, 5.74) is -1.89. The quantitative estimate of drug-likeness (QED) is 0.206. The van der Waals surface area contributed by atoms with Gasteiger partial charge in [0.1, 0.15) is 6.04 Å². The molecule has 13 nitrogen and oxygen atoms in total. The molecule has 0 saturated carbocycles. The lowest BCUT2D eigenvalue weighted by Gasteiger charge is -2.15. The number of phenols is 1. The normalized spacial score (nSPS) is 11.4. The number of amides is 1. The molecule has 1 atom stereocenters. The number of carbonyl (C=O) groups excluding carboxylic acids is 1. The van der Waals surface area contributed by atoms with Gasteiger partial charge in [0, 0.05) is 30.2 Å². The second-order valence-electron chi connectivity index (χ2n) is 6.09. The summed E-state index contributed by atoms with van der Waals surface area (Å²) in [4.78, 5) is 44.1. The number of rotatable bonds is 8. The van der Waals surface area contributed by atoms with Crippen LogP contribution in [0.4, 0.5) is 11.4 Å². The van der Waals surface area contributed by atoms with Crippen molar-refractivity contribution < 1.29 is 39.7 Å². The van der Waals surface area contributed by atoms with Crippen LogP contribution in [-0.2, 0) is 11.2 Å². The molecule has 0 unspecified atom stereocenters. The topological polar surface area (TPSA) is 213 Å². The monoisotopic (exact) mass is 419 g/mol. The van der Waals surface area contributed by atoms with Crippen LogP contribution in [0.15, 0.2) is 36.4 Å². The van der Waals surface area contributed by atoms with Crippen LogP contribution in [0.2, 0.25) is 0 Å². The van der Waals surface area contributed by atoms with Gasteiger partial charge in [-0.3, -0.25) is 25.0 Å². The maximum Gasteiger partial charge on any atom is 0.488 e. The molecule has 2 aromatic rings. The number of carboxylic acids is 1. The van der Waals surface area contributed by atoms with Gasteiger partial charge >= 0.3 is 18.8 Å². The van der Waals surface area contributed by atoms with Crippen molar-refractivity contribution >= 4 is 35.8 Å². The fraction of sp³-hybridized carbons (Fsp3) is 0.125. The van der Waals surface area contributed by atoms with Crippen LogP contribution < -0.4 is 10.8 Å². The summed E-state index contributed by atoms with van der Waals surface area (Å²) >= 11 is 0. The predicted molar refractivity (Wildman–Crippen MR) is 100 cm³/mol. The van der Waals surface area contributed by atoms with Crippen LogP contribution in [0.5, 0.6) is 5.75 Å². The van der Waals surface area contributed by atoms with Crippen molar-refractivity contribution in [2.75, 3.05) is 0 Å². The van der Waals surface area contributed by atoms with E-state index in [-0.39, 0.29) is 11.0 Å². The Labute approximate surface area is 167 Å². The van der Waals surface area contributed by atoms with Crippen molar-refractivity contribution in [1.29, 1.82) is 0 Å². The molecule has 14 heteroatoms. The van der Waals surface area contributed by atoms with E-state index < -0.39 is 64.0 Å². The number of nitro benzene ring substituents is 2. The van der Waals surface area contributed by atoms with Crippen LogP contribution in [0.25, 0.3) is 0 Å². The minimum absolute atomic E-state index is 0.123. The van der Waals surface area contributed by atoms with E-state index in [1.54, 1.807) is 0 Å². The van der Waals surface area contributed by atoms with Crippen LogP contribution in [0.3, 0.4) is 0 Å². The van der Waals surface area contributed by atoms with Gasteiger partial charge in [-0.05, 0) is 23.2 Å². The maximum atomic E-state index is 12.4. The van der Waals surface area contributed by atoms with Crippen molar-refractivity contribution in [1.82, 2.24) is 5.32 Å². The minimum atomic E-state index is -2.11. The van der Waals surface area contributed by atoms with Gasteiger partial charge < -0.3 is 25.6 Å². The first-order valence-corrected chi connectivity index (χ1v) is 8.15. The number of benzene rings is 2. The number of aliphatic carboxylic acids is 1. The number of carboxylic acid groups (broad SMARTS) is 1. The Morgan fingerprint density at radius 1 is 1.07 bits per heavy atom. The van der Waals surface area contributed by atoms with Gasteiger partial charge in [0.25, 0.3) is 11.6 Å². The molecule has 0 radical (unpaired) electrons. The number of nitrogens with zero attached hydrogens (tertiary/aromatic N) is 2. The highest BCUT2D eigenvalue weighted by molar-refractivity contribution is 6.58. The van der Waals surface area contributed by atoms with Crippen molar-refractivity contribution in [3.63, 3.8) is 0 Å². The fourth-order valence-electron chi connectivity index (χ4n) is 2.54. The van der Waals surface area contributed by atoms with Gasteiger partial charge in [-0.25, -0.2) is 4.79 Å². The molecule has 0 aromatic heterocycles. The lowest BCUT2D eigenvalue weighted by Crippen LogP contribution is -2.43. The molecule has 0 heterocycles. The van der Waals surface area contributed by atoms with Gasteiger partial charge in [0.2, 0.25) is 0 Å². The third-order valence-corrected chi connectivity index (χ3v) is 3.99.